The van der Waals surface area contributed by atoms with Crippen molar-refractivity contribution in [3.8, 4) is 0 Å². The summed E-state index contributed by atoms with van der Waals surface area (Å²) in [6.45, 7) is 7.86. The lowest BCUT2D eigenvalue weighted by Crippen LogP contribution is -2.51. The highest BCUT2D eigenvalue weighted by atomic mass is 16.5. The quantitative estimate of drug-likeness (QED) is 0.345. The summed E-state index contributed by atoms with van der Waals surface area (Å²) < 4.78 is 16.7. The number of piperazine rings is 1. The third-order valence-corrected chi connectivity index (χ3v) is 7.35. The lowest BCUT2D eigenvalue weighted by atomic mass is 9.78. The predicted molar refractivity (Wildman–Crippen MR) is 155 cm³/mol. The Balaban J connectivity index is 0.00000462. The van der Waals surface area contributed by atoms with Crippen LogP contribution in [0, 0.1) is 0 Å². The topological polar surface area (TPSA) is 141 Å². The summed E-state index contributed by atoms with van der Waals surface area (Å²) in [4.78, 5) is 42.5. The summed E-state index contributed by atoms with van der Waals surface area (Å²) in [6, 6.07) is 13.7. The highest BCUT2D eigenvalue weighted by Gasteiger charge is 2.39. The minimum atomic E-state index is -0.699. The van der Waals surface area contributed by atoms with Gasteiger partial charge in [-0.05, 0) is 30.2 Å². The van der Waals surface area contributed by atoms with Gasteiger partial charge in [0, 0.05) is 45.5 Å². The molecule has 41 heavy (non-hydrogen) atoms. The molecule has 2 amide bonds. The van der Waals surface area contributed by atoms with Crippen molar-refractivity contribution in [1.29, 1.82) is 0 Å². The van der Waals surface area contributed by atoms with E-state index in [1.165, 1.54) is 7.11 Å². The number of ether oxygens (including phenoxy) is 3. The number of nitrogens with one attached hydrogen (secondary N) is 2. The summed E-state index contributed by atoms with van der Waals surface area (Å²) >= 11 is 0. The van der Waals surface area contributed by atoms with Gasteiger partial charge in [-0.1, -0.05) is 42.5 Å². The second kappa shape index (κ2) is 14.6. The van der Waals surface area contributed by atoms with E-state index in [9.17, 15) is 14.4 Å². The first-order valence-electron chi connectivity index (χ1n) is 13.6. The van der Waals surface area contributed by atoms with Crippen LogP contribution in [0.1, 0.15) is 25.3 Å². The SMILES string of the molecule is CCOC(=O)C1=C(COCCN2CCN(C(=O)NC)CC2)NC(C)=C(C(=O)OC)C1c1cccc2ccccc12.O. The van der Waals surface area contributed by atoms with Crippen molar-refractivity contribution < 1.29 is 34.1 Å². The Kier molecular flexibility index (Phi) is 11.3. The zero-order valence-electron chi connectivity index (χ0n) is 24.1. The number of hydrogen-bond acceptors (Lipinski definition) is 8. The maximum absolute atomic E-state index is 13.5. The van der Waals surface area contributed by atoms with Gasteiger partial charge in [-0.25, -0.2) is 14.4 Å². The summed E-state index contributed by atoms with van der Waals surface area (Å²) in [7, 11) is 2.97. The van der Waals surface area contributed by atoms with Crippen LogP contribution in [-0.2, 0) is 23.8 Å². The van der Waals surface area contributed by atoms with E-state index in [4.69, 9.17) is 14.2 Å². The van der Waals surface area contributed by atoms with E-state index >= 15 is 0 Å². The molecule has 2 heterocycles. The number of allylic oxidation sites excluding steroid dienone is 1. The van der Waals surface area contributed by atoms with Crippen LogP contribution < -0.4 is 10.6 Å². The molecule has 1 unspecified atom stereocenters. The lowest BCUT2D eigenvalue weighted by molar-refractivity contribution is -0.139. The van der Waals surface area contributed by atoms with Gasteiger partial charge in [0.25, 0.3) is 0 Å². The second-order valence-corrected chi connectivity index (χ2v) is 9.71. The first kappa shape index (κ1) is 31.6. The average molecular weight is 569 g/mol. The van der Waals surface area contributed by atoms with E-state index in [1.54, 1.807) is 25.8 Å². The number of dihydropyridines is 1. The van der Waals surface area contributed by atoms with E-state index in [-0.39, 0.29) is 24.7 Å². The molecule has 2 aromatic carbocycles. The Bertz CT molecular complexity index is 1310. The highest BCUT2D eigenvalue weighted by Crippen LogP contribution is 2.42. The van der Waals surface area contributed by atoms with Crippen LogP contribution in [0.4, 0.5) is 4.79 Å². The molecule has 0 aliphatic carbocycles. The minimum Gasteiger partial charge on any atom is -0.466 e. The smallest absolute Gasteiger partial charge is 0.336 e. The average Bonchev–Trinajstić information content (AvgIpc) is 2.98. The molecule has 2 aliphatic rings. The number of benzene rings is 2. The fourth-order valence-electron chi connectivity index (χ4n) is 5.35. The number of hydrogen-bond donors (Lipinski definition) is 2. The number of esters is 2. The third kappa shape index (κ3) is 7.05. The van der Waals surface area contributed by atoms with E-state index in [2.05, 4.69) is 15.5 Å². The van der Waals surface area contributed by atoms with Gasteiger partial charge in [0.1, 0.15) is 0 Å². The fraction of sp³-hybridized carbons (Fsp3) is 0.433. The molecule has 0 radical (unpaired) electrons. The van der Waals surface area contributed by atoms with Crippen molar-refractivity contribution in [1.82, 2.24) is 20.4 Å². The van der Waals surface area contributed by atoms with Crippen molar-refractivity contribution >= 4 is 28.7 Å². The molecule has 11 heteroatoms. The van der Waals surface area contributed by atoms with Crippen molar-refractivity contribution in [2.45, 2.75) is 19.8 Å². The summed E-state index contributed by atoms with van der Waals surface area (Å²) in [5.41, 5.74) is 2.67. The highest BCUT2D eigenvalue weighted by molar-refractivity contribution is 6.02. The van der Waals surface area contributed by atoms with Crippen LogP contribution >= 0.6 is 0 Å². The van der Waals surface area contributed by atoms with Crippen molar-refractivity contribution in [2.24, 2.45) is 0 Å². The van der Waals surface area contributed by atoms with Crippen LogP contribution in [0.3, 0.4) is 0 Å². The van der Waals surface area contributed by atoms with E-state index in [1.807, 2.05) is 42.5 Å². The molecule has 0 saturated carbocycles. The molecule has 1 saturated heterocycles. The standard InChI is InChI=1S/C30H38N4O6.H2O/c1-5-40-29(36)27-24(19-39-18-17-33-13-15-34(16-14-33)30(37)31-3)32-20(2)25(28(35)38-4)26(27)23-12-8-10-21-9-6-7-11-22(21)23;/h6-12,26,32H,5,13-19H2,1-4H3,(H,31,37);1H2. The van der Waals surface area contributed by atoms with Gasteiger partial charge < -0.3 is 35.2 Å². The van der Waals surface area contributed by atoms with Crippen molar-refractivity contribution in [3.05, 3.63) is 70.6 Å². The molecule has 11 nitrogen and oxygen atoms in total. The number of rotatable bonds is 9. The molecule has 4 N–H and O–H groups in total. The van der Waals surface area contributed by atoms with Crippen LogP contribution in [0.25, 0.3) is 10.8 Å². The maximum Gasteiger partial charge on any atom is 0.336 e. The van der Waals surface area contributed by atoms with Crippen molar-refractivity contribution in [2.75, 3.05) is 66.7 Å². The van der Waals surface area contributed by atoms with Gasteiger partial charge >= 0.3 is 18.0 Å². The van der Waals surface area contributed by atoms with E-state index in [0.717, 1.165) is 29.4 Å². The Labute approximate surface area is 240 Å². The summed E-state index contributed by atoms with van der Waals surface area (Å²) in [5.74, 6) is -1.72. The Morgan fingerprint density at radius 3 is 2.39 bits per heavy atom. The Morgan fingerprint density at radius 2 is 1.71 bits per heavy atom. The molecule has 222 valence electrons. The van der Waals surface area contributed by atoms with Crippen molar-refractivity contribution in [3.63, 3.8) is 0 Å². The van der Waals surface area contributed by atoms with Gasteiger partial charge in [-0.2, -0.15) is 0 Å². The second-order valence-electron chi connectivity index (χ2n) is 9.71. The van der Waals surface area contributed by atoms with Gasteiger partial charge in [0.2, 0.25) is 0 Å². The molecule has 2 aliphatic heterocycles. The minimum absolute atomic E-state index is 0. The van der Waals surface area contributed by atoms with Crippen LogP contribution in [0.5, 0.6) is 0 Å². The molecule has 0 aromatic heterocycles. The summed E-state index contributed by atoms with van der Waals surface area (Å²) in [5, 5.41) is 7.85. The molecule has 4 rings (SSSR count). The molecular weight excluding hydrogens is 528 g/mol. The van der Waals surface area contributed by atoms with Crippen LogP contribution in [0.2, 0.25) is 0 Å². The Hall–Kier alpha value is -3.93. The molecule has 2 aromatic rings. The van der Waals surface area contributed by atoms with Gasteiger partial charge in [-0.3, -0.25) is 4.90 Å². The van der Waals surface area contributed by atoms with E-state index in [0.29, 0.717) is 48.8 Å². The molecular formula is C30H40N4O7. The zero-order valence-corrected chi connectivity index (χ0v) is 24.1. The van der Waals surface area contributed by atoms with Crippen LogP contribution in [-0.4, -0.2) is 99.9 Å². The predicted octanol–water partition coefficient (Wildman–Crippen LogP) is 1.94. The fourth-order valence-corrected chi connectivity index (χ4v) is 5.35. The molecule has 1 atom stereocenters. The Morgan fingerprint density at radius 1 is 1.00 bits per heavy atom. The number of carbonyl (C=O) groups is 3. The summed E-state index contributed by atoms with van der Waals surface area (Å²) in [6.07, 6.45) is 0. The zero-order chi connectivity index (χ0) is 28.6. The molecule has 0 bridgehead atoms. The number of methoxy groups -OCH3 is 1. The number of amides is 2. The maximum atomic E-state index is 13.5. The normalized spacial score (nSPS) is 17.6. The largest absolute Gasteiger partial charge is 0.466 e. The van der Waals surface area contributed by atoms with Gasteiger partial charge in [0.15, 0.2) is 0 Å². The van der Waals surface area contributed by atoms with E-state index < -0.39 is 17.9 Å². The molecule has 1 fully saturated rings. The first-order chi connectivity index (χ1) is 19.4. The van der Waals surface area contributed by atoms with Gasteiger partial charge in [0.05, 0.1) is 49.7 Å². The third-order valence-electron chi connectivity index (χ3n) is 7.35. The molecule has 0 spiro atoms. The monoisotopic (exact) mass is 568 g/mol. The number of fused-ring (bicyclic) bond motifs is 1. The van der Waals surface area contributed by atoms with Crippen LogP contribution in [0.15, 0.2) is 65.0 Å². The first-order valence-corrected chi connectivity index (χ1v) is 13.6. The number of urea groups is 1. The van der Waals surface area contributed by atoms with Gasteiger partial charge in [-0.15, -0.1) is 0 Å². The number of carbonyl (C=O) groups excluding carboxylic acids is 3. The lowest BCUT2D eigenvalue weighted by Gasteiger charge is -2.34. The number of nitrogens with zero attached hydrogens (tertiary/aromatic N) is 2.